The number of imide groups is 1. The van der Waals surface area contributed by atoms with Crippen LogP contribution < -0.4 is 10.2 Å². The van der Waals surface area contributed by atoms with E-state index < -0.39 is 6.03 Å². The maximum Gasteiger partial charge on any atom is 0.329 e. The number of fused-ring (bicyclic) bond motifs is 1. The molecule has 1 aromatic heterocycles. The molecule has 0 radical (unpaired) electrons. The first-order valence-corrected chi connectivity index (χ1v) is 5.64. The number of benzene rings is 1. The Labute approximate surface area is 104 Å². The zero-order chi connectivity index (χ0) is 13.0. The molecule has 0 aliphatic heterocycles. The fraction of sp³-hybridized carbons (Fsp3) is 0.250. The second-order valence-corrected chi connectivity index (χ2v) is 3.72. The number of hydrogen-bond donors (Lipinski definition) is 1. The van der Waals surface area contributed by atoms with Gasteiger partial charge in [-0.15, -0.1) is 0 Å². The minimum atomic E-state index is -0.508. The Morgan fingerprint density at radius 1 is 1.50 bits per heavy atom. The van der Waals surface area contributed by atoms with Crippen molar-refractivity contribution in [2.75, 3.05) is 11.4 Å². The van der Waals surface area contributed by atoms with Crippen molar-refractivity contribution in [3.8, 4) is 0 Å². The van der Waals surface area contributed by atoms with Crippen molar-refractivity contribution < 1.29 is 14.1 Å². The minimum absolute atomic E-state index is 0.354. The zero-order valence-corrected chi connectivity index (χ0v) is 9.92. The van der Waals surface area contributed by atoms with Crippen molar-refractivity contribution in [3.63, 3.8) is 0 Å². The van der Waals surface area contributed by atoms with Crippen molar-refractivity contribution in [1.29, 1.82) is 0 Å². The van der Waals surface area contributed by atoms with Gasteiger partial charge in [0.25, 0.3) is 0 Å². The lowest BCUT2D eigenvalue weighted by molar-refractivity contribution is -0.108. The summed E-state index contributed by atoms with van der Waals surface area (Å²) in [6.07, 6.45) is 1.10. The number of aromatic nitrogens is 1. The Morgan fingerprint density at radius 2 is 2.28 bits per heavy atom. The number of carbonyl (C=O) groups excluding carboxylic acids is 2. The number of hydrogen-bond acceptors (Lipinski definition) is 4. The quantitative estimate of drug-likeness (QED) is 0.837. The van der Waals surface area contributed by atoms with Crippen LogP contribution in [0.25, 0.3) is 11.0 Å². The van der Waals surface area contributed by atoms with Crippen molar-refractivity contribution in [2.45, 2.75) is 13.3 Å². The fourth-order valence-electron chi connectivity index (χ4n) is 1.72. The van der Waals surface area contributed by atoms with E-state index in [0.29, 0.717) is 24.4 Å². The number of amides is 3. The molecule has 3 amide bonds. The fourth-order valence-corrected chi connectivity index (χ4v) is 1.72. The Hall–Kier alpha value is -2.37. The third-order valence-electron chi connectivity index (χ3n) is 2.49. The van der Waals surface area contributed by atoms with Gasteiger partial charge in [-0.3, -0.25) is 15.0 Å². The van der Waals surface area contributed by atoms with Crippen LogP contribution in [-0.4, -0.2) is 24.1 Å². The molecule has 18 heavy (non-hydrogen) atoms. The number of nitrogens with zero attached hydrogens (tertiary/aromatic N) is 2. The molecule has 1 heterocycles. The molecule has 6 heteroatoms. The van der Waals surface area contributed by atoms with Gasteiger partial charge in [-0.05, 0) is 18.6 Å². The van der Waals surface area contributed by atoms with Crippen LogP contribution >= 0.6 is 0 Å². The van der Waals surface area contributed by atoms with Crippen LogP contribution in [0.5, 0.6) is 0 Å². The van der Waals surface area contributed by atoms with Gasteiger partial charge in [-0.2, -0.15) is 0 Å². The molecule has 0 aliphatic carbocycles. The average molecular weight is 247 g/mol. The molecule has 0 atom stereocenters. The largest absolute Gasteiger partial charge is 0.354 e. The van der Waals surface area contributed by atoms with Gasteiger partial charge in [0, 0.05) is 6.54 Å². The summed E-state index contributed by atoms with van der Waals surface area (Å²) in [5, 5.41) is 6.74. The zero-order valence-electron chi connectivity index (χ0n) is 9.92. The van der Waals surface area contributed by atoms with Crippen molar-refractivity contribution >= 4 is 29.2 Å². The van der Waals surface area contributed by atoms with Gasteiger partial charge in [0.2, 0.25) is 6.41 Å². The van der Waals surface area contributed by atoms with Crippen molar-refractivity contribution in [3.05, 3.63) is 24.3 Å². The van der Waals surface area contributed by atoms with Gasteiger partial charge in [-0.25, -0.2) is 4.79 Å². The molecule has 6 nitrogen and oxygen atoms in total. The number of urea groups is 1. The molecule has 0 bridgehead atoms. The molecule has 0 aliphatic rings. The van der Waals surface area contributed by atoms with Crippen LogP contribution in [-0.2, 0) is 4.79 Å². The molecular weight excluding hydrogens is 234 g/mol. The maximum absolute atomic E-state index is 11.8. The molecule has 0 saturated carbocycles. The van der Waals surface area contributed by atoms with E-state index in [1.54, 1.807) is 6.07 Å². The molecule has 2 rings (SSSR count). The molecule has 0 fully saturated rings. The Kier molecular flexibility index (Phi) is 3.57. The van der Waals surface area contributed by atoms with E-state index in [4.69, 9.17) is 4.52 Å². The summed E-state index contributed by atoms with van der Waals surface area (Å²) in [5.41, 5.74) is 0.604. The summed E-state index contributed by atoms with van der Waals surface area (Å²) in [7, 11) is 0. The Balaban J connectivity index is 2.41. The SMILES string of the molecule is CCCN(C(=O)NC=O)c1noc2ccccc12. The lowest BCUT2D eigenvalue weighted by Crippen LogP contribution is -2.40. The van der Waals surface area contributed by atoms with E-state index in [2.05, 4.69) is 10.5 Å². The van der Waals surface area contributed by atoms with Crippen LogP contribution in [0.3, 0.4) is 0 Å². The lowest BCUT2D eigenvalue weighted by atomic mass is 10.2. The number of carbonyl (C=O) groups is 2. The first-order chi connectivity index (χ1) is 8.77. The molecule has 0 spiro atoms. The highest BCUT2D eigenvalue weighted by molar-refractivity contribution is 6.02. The highest BCUT2D eigenvalue weighted by atomic mass is 16.5. The smallest absolute Gasteiger partial charge is 0.329 e. The van der Waals surface area contributed by atoms with Crippen molar-refractivity contribution in [2.24, 2.45) is 0 Å². The summed E-state index contributed by atoms with van der Waals surface area (Å²) in [5.74, 6) is 0.423. The van der Waals surface area contributed by atoms with Gasteiger partial charge in [0.15, 0.2) is 11.4 Å². The van der Waals surface area contributed by atoms with E-state index in [1.165, 1.54) is 4.90 Å². The first kappa shape index (κ1) is 12.1. The van der Waals surface area contributed by atoms with Crippen LogP contribution in [0.4, 0.5) is 10.6 Å². The second-order valence-electron chi connectivity index (χ2n) is 3.72. The van der Waals surface area contributed by atoms with Crippen LogP contribution in [0.15, 0.2) is 28.8 Å². The predicted octanol–water partition coefficient (Wildman–Crippen LogP) is 1.91. The lowest BCUT2D eigenvalue weighted by Gasteiger charge is -2.17. The number of para-hydroxylation sites is 1. The Bertz CT molecular complexity index is 564. The maximum atomic E-state index is 11.8. The van der Waals surface area contributed by atoms with Crippen molar-refractivity contribution in [1.82, 2.24) is 10.5 Å². The van der Waals surface area contributed by atoms with Gasteiger partial charge in [-0.1, -0.05) is 24.2 Å². The molecule has 1 N–H and O–H groups in total. The topological polar surface area (TPSA) is 75.4 Å². The van der Waals surface area contributed by atoms with Crippen LogP contribution in [0.1, 0.15) is 13.3 Å². The molecule has 0 unspecified atom stereocenters. The standard InChI is InChI=1S/C12H13N3O3/c1-2-7-15(12(17)13-8-16)11-9-5-3-4-6-10(9)18-14-11/h3-6,8H,2,7H2,1H3,(H,13,16,17). The van der Waals surface area contributed by atoms with E-state index >= 15 is 0 Å². The summed E-state index contributed by atoms with van der Waals surface area (Å²) >= 11 is 0. The van der Waals surface area contributed by atoms with Gasteiger partial charge in [0.1, 0.15) is 0 Å². The molecule has 94 valence electrons. The third kappa shape index (κ3) is 2.17. The highest BCUT2D eigenvalue weighted by Gasteiger charge is 2.20. The summed E-state index contributed by atoms with van der Waals surface area (Å²) in [4.78, 5) is 23.5. The normalized spacial score (nSPS) is 10.3. The molecule has 0 saturated heterocycles. The summed E-state index contributed by atoms with van der Waals surface area (Å²) in [6, 6.07) is 6.74. The van der Waals surface area contributed by atoms with E-state index in [1.807, 2.05) is 25.1 Å². The van der Waals surface area contributed by atoms with Gasteiger partial charge >= 0.3 is 6.03 Å². The van der Waals surface area contributed by atoms with E-state index in [9.17, 15) is 9.59 Å². The summed E-state index contributed by atoms with van der Waals surface area (Å²) in [6.45, 7) is 2.39. The average Bonchev–Trinajstić information content (AvgIpc) is 2.80. The molecular formula is C12H13N3O3. The molecule has 2 aromatic rings. The van der Waals surface area contributed by atoms with E-state index in [-0.39, 0.29) is 0 Å². The second kappa shape index (κ2) is 5.31. The van der Waals surface area contributed by atoms with Gasteiger partial charge in [0.05, 0.1) is 5.39 Å². The molecule has 1 aromatic carbocycles. The third-order valence-corrected chi connectivity index (χ3v) is 2.49. The van der Waals surface area contributed by atoms with E-state index in [0.717, 1.165) is 11.8 Å². The first-order valence-electron chi connectivity index (χ1n) is 5.64. The van der Waals surface area contributed by atoms with Crippen LogP contribution in [0.2, 0.25) is 0 Å². The predicted molar refractivity (Wildman–Crippen MR) is 66.2 cm³/mol. The Morgan fingerprint density at radius 3 is 3.00 bits per heavy atom. The summed E-state index contributed by atoms with van der Waals surface area (Å²) < 4.78 is 5.14. The number of anilines is 1. The van der Waals surface area contributed by atoms with Gasteiger partial charge < -0.3 is 4.52 Å². The minimum Gasteiger partial charge on any atom is -0.354 e. The number of rotatable bonds is 4. The van der Waals surface area contributed by atoms with Crippen LogP contribution in [0, 0.1) is 0 Å². The number of nitrogens with one attached hydrogen (secondary N) is 1. The monoisotopic (exact) mass is 247 g/mol. The highest BCUT2D eigenvalue weighted by Crippen LogP contribution is 2.25.